The molecule has 3 rings (SSSR count). The largest absolute Gasteiger partial charge is 0.401 e. The van der Waals surface area contributed by atoms with E-state index in [1.165, 1.54) is 24.4 Å². The molecular weight excluding hydrogens is 374 g/mol. The van der Waals surface area contributed by atoms with Gasteiger partial charge < -0.3 is 5.43 Å². The Bertz CT molecular complexity index is 786. The number of benzene rings is 2. The van der Waals surface area contributed by atoms with Crippen molar-refractivity contribution in [1.29, 1.82) is 0 Å². The fourth-order valence-electron chi connectivity index (χ4n) is 3.19. The zero-order valence-corrected chi connectivity index (χ0v) is 14.3. The van der Waals surface area contributed by atoms with E-state index in [0.29, 0.717) is 11.3 Å². The third kappa shape index (κ3) is 3.10. The molecule has 0 saturated carbocycles. The molecule has 2 atom stereocenters. The highest BCUT2D eigenvalue weighted by molar-refractivity contribution is 6.34. The number of nitrogens with two attached hydrogens (primary N) is 1. The molecule has 0 amide bonds. The number of nitrogens with one attached hydrogen (secondary N) is 1. The summed E-state index contributed by atoms with van der Waals surface area (Å²) in [7, 11) is 0. The van der Waals surface area contributed by atoms with E-state index in [2.05, 4.69) is 10.4 Å². The van der Waals surface area contributed by atoms with Gasteiger partial charge in [-0.25, -0.2) is 0 Å². The Balaban J connectivity index is 2.17. The standard InChI is InChI=1S/C17H14Cl2F3N3/c18-12-7-11(8-13(19)9-12)16(17(20,21)22)5-6-24-15(16)10-1-3-14(25-23)4-2-10/h1-4,6-9,15,25H,5,23H2. The maximum atomic E-state index is 14.2. The van der Waals surface area contributed by atoms with Gasteiger partial charge in [-0.15, -0.1) is 0 Å². The number of aliphatic imine (C=N–C) groups is 1. The summed E-state index contributed by atoms with van der Waals surface area (Å²) in [5.41, 5.74) is 1.25. The summed E-state index contributed by atoms with van der Waals surface area (Å²) < 4.78 is 42.7. The van der Waals surface area contributed by atoms with Crippen molar-refractivity contribution in [3.8, 4) is 0 Å². The summed E-state index contributed by atoms with van der Waals surface area (Å²) in [5.74, 6) is 5.31. The number of halogens is 5. The smallest absolute Gasteiger partial charge is 0.324 e. The van der Waals surface area contributed by atoms with Gasteiger partial charge in [-0.3, -0.25) is 10.8 Å². The molecule has 1 aliphatic rings. The first-order chi connectivity index (χ1) is 11.8. The van der Waals surface area contributed by atoms with Crippen LogP contribution in [-0.2, 0) is 5.41 Å². The highest BCUT2D eigenvalue weighted by Gasteiger charge is 2.62. The van der Waals surface area contributed by atoms with E-state index in [-0.39, 0.29) is 22.0 Å². The van der Waals surface area contributed by atoms with E-state index in [4.69, 9.17) is 29.0 Å². The van der Waals surface area contributed by atoms with E-state index in [1.807, 2.05) is 0 Å². The average Bonchev–Trinajstić information content (AvgIpc) is 3.00. The molecule has 132 valence electrons. The van der Waals surface area contributed by atoms with Crippen molar-refractivity contribution in [2.24, 2.45) is 10.8 Å². The quantitative estimate of drug-likeness (QED) is 0.554. The minimum Gasteiger partial charge on any atom is -0.324 e. The Morgan fingerprint density at radius 2 is 1.68 bits per heavy atom. The van der Waals surface area contributed by atoms with Crippen LogP contribution in [0.4, 0.5) is 18.9 Å². The summed E-state index contributed by atoms with van der Waals surface area (Å²) >= 11 is 11.9. The molecule has 25 heavy (non-hydrogen) atoms. The lowest BCUT2D eigenvalue weighted by Crippen LogP contribution is -2.45. The summed E-state index contributed by atoms with van der Waals surface area (Å²) in [6.45, 7) is 0. The number of nitrogen functional groups attached to an aromatic ring is 1. The monoisotopic (exact) mass is 387 g/mol. The van der Waals surface area contributed by atoms with E-state index in [0.717, 1.165) is 0 Å². The third-order valence-corrected chi connectivity index (χ3v) is 4.85. The van der Waals surface area contributed by atoms with Crippen LogP contribution in [0.2, 0.25) is 10.0 Å². The van der Waals surface area contributed by atoms with Gasteiger partial charge in [0.2, 0.25) is 0 Å². The number of rotatable bonds is 3. The molecule has 8 heteroatoms. The van der Waals surface area contributed by atoms with Gasteiger partial charge in [0.25, 0.3) is 0 Å². The van der Waals surface area contributed by atoms with Gasteiger partial charge in [0, 0.05) is 28.4 Å². The Morgan fingerprint density at radius 3 is 2.20 bits per heavy atom. The van der Waals surface area contributed by atoms with Gasteiger partial charge in [0.1, 0.15) is 5.41 Å². The number of hydrazine groups is 1. The number of alkyl halides is 3. The molecule has 0 fully saturated rings. The first-order valence-electron chi connectivity index (χ1n) is 7.39. The van der Waals surface area contributed by atoms with Crippen molar-refractivity contribution in [3.63, 3.8) is 0 Å². The van der Waals surface area contributed by atoms with E-state index in [1.54, 1.807) is 24.3 Å². The van der Waals surface area contributed by atoms with E-state index < -0.39 is 17.6 Å². The van der Waals surface area contributed by atoms with Gasteiger partial charge >= 0.3 is 6.18 Å². The summed E-state index contributed by atoms with van der Waals surface area (Å²) in [5, 5.41) is 0.305. The Labute approximate surface area is 152 Å². The molecule has 2 aromatic rings. The Morgan fingerprint density at radius 1 is 1.08 bits per heavy atom. The minimum atomic E-state index is -4.55. The van der Waals surface area contributed by atoms with Crippen molar-refractivity contribution >= 4 is 35.1 Å². The molecule has 1 heterocycles. The van der Waals surface area contributed by atoms with Crippen molar-refractivity contribution in [2.45, 2.75) is 24.1 Å². The van der Waals surface area contributed by atoms with Crippen molar-refractivity contribution in [2.75, 3.05) is 5.43 Å². The molecule has 3 N–H and O–H groups in total. The van der Waals surface area contributed by atoms with Crippen molar-refractivity contribution in [3.05, 3.63) is 63.6 Å². The van der Waals surface area contributed by atoms with Crippen LogP contribution in [0.15, 0.2) is 47.5 Å². The highest BCUT2D eigenvalue weighted by atomic mass is 35.5. The van der Waals surface area contributed by atoms with Crippen LogP contribution in [0.25, 0.3) is 0 Å². The van der Waals surface area contributed by atoms with Gasteiger partial charge in [0.05, 0.1) is 6.04 Å². The molecule has 0 spiro atoms. The van der Waals surface area contributed by atoms with E-state index in [9.17, 15) is 13.2 Å². The SMILES string of the molecule is NNc1ccc(C2N=CCC2(c2cc(Cl)cc(Cl)c2)C(F)(F)F)cc1. The maximum absolute atomic E-state index is 14.2. The lowest BCUT2D eigenvalue weighted by Gasteiger charge is -2.37. The second-order valence-corrected chi connectivity index (χ2v) is 6.70. The Hall–Kier alpha value is -1.76. The third-order valence-electron chi connectivity index (χ3n) is 4.41. The van der Waals surface area contributed by atoms with Crippen LogP contribution in [-0.4, -0.2) is 12.4 Å². The van der Waals surface area contributed by atoms with Gasteiger partial charge in [-0.05, 0) is 41.5 Å². The lowest BCUT2D eigenvalue weighted by atomic mass is 9.71. The minimum absolute atomic E-state index is 0.000950. The summed E-state index contributed by atoms with van der Waals surface area (Å²) in [4.78, 5) is 4.13. The summed E-state index contributed by atoms with van der Waals surface area (Å²) in [6, 6.07) is 9.25. The zero-order chi connectivity index (χ0) is 18.2. The normalized spacial score (nSPS) is 23.0. The number of hydrogen-bond donors (Lipinski definition) is 2. The van der Waals surface area contributed by atoms with Crippen LogP contribution in [0.3, 0.4) is 0 Å². The molecular formula is C17H14Cl2F3N3. The van der Waals surface area contributed by atoms with Crippen LogP contribution in [0.5, 0.6) is 0 Å². The van der Waals surface area contributed by atoms with Gasteiger partial charge in [-0.2, -0.15) is 13.2 Å². The van der Waals surface area contributed by atoms with E-state index >= 15 is 0 Å². The van der Waals surface area contributed by atoms with Crippen LogP contribution in [0.1, 0.15) is 23.6 Å². The zero-order valence-electron chi connectivity index (χ0n) is 12.8. The van der Waals surface area contributed by atoms with Crippen molar-refractivity contribution < 1.29 is 13.2 Å². The topological polar surface area (TPSA) is 50.4 Å². The molecule has 0 aliphatic carbocycles. The lowest BCUT2D eigenvalue weighted by molar-refractivity contribution is -0.193. The molecule has 0 aromatic heterocycles. The highest BCUT2D eigenvalue weighted by Crippen LogP contribution is 2.56. The first kappa shape index (κ1) is 18.0. The number of hydrogen-bond acceptors (Lipinski definition) is 3. The number of nitrogens with zero attached hydrogens (tertiary/aromatic N) is 1. The van der Waals surface area contributed by atoms with Crippen LogP contribution >= 0.6 is 23.2 Å². The molecule has 2 unspecified atom stereocenters. The van der Waals surface area contributed by atoms with Gasteiger partial charge in [0.15, 0.2) is 0 Å². The predicted molar refractivity (Wildman–Crippen MR) is 94.3 cm³/mol. The summed E-state index contributed by atoms with van der Waals surface area (Å²) in [6.07, 6.45) is -3.52. The van der Waals surface area contributed by atoms with Crippen LogP contribution in [0, 0.1) is 0 Å². The second kappa shape index (κ2) is 6.52. The van der Waals surface area contributed by atoms with Crippen molar-refractivity contribution in [1.82, 2.24) is 0 Å². The fraction of sp³-hybridized carbons (Fsp3) is 0.235. The van der Waals surface area contributed by atoms with Crippen LogP contribution < -0.4 is 11.3 Å². The average molecular weight is 388 g/mol. The second-order valence-electron chi connectivity index (χ2n) is 5.83. The molecule has 1 aliphatic heterocycles. The molecule has 3 nitrogen and oxygen atoms in total. The molecule has 0 saturated heterocycles. The first-order valence-corrected chi connectivity index (χ1v) is 8.15. The molecule has 2 aromatic carbocycles. The molecule has 0 radical (unpaired) electrons. The predicted octanol–water partition coefficient (Wildman–Crippen LogP) is 5.29. The van der Waals surface area contributed by atoms with Gasteiger partial charge in [-0.1, -0.05) is 35.3 Å². The Kier molecular flexibility index (Phi) is 4.70. The fourth-order valence-corrected chi connectivity index (χ4v) is 3.72. The molecule has 0 bridgehead atoms. The number of anilines is 1. The maximum Gasteiger partial charge on any atom is 0.401 e.